The minimum atomic E-state index is 0.0636. The van der Waals surface area contributed by atoms with Gasteiger partial charge in [0, 0.05) is 11.5 Å². The van der Waals surface area contributed by atoms with E-state index < -0.39 is 0 Å². The van der Waals surface area contributed by atoms with Crippen LogP contribution in [0.4, 0.5) is 0 Å². The third-order valence-electron chi connectivity index (χ3n) is 1.86. The van der Waals surface area contributed by atoms with Crippen molar-refractivity contribution in [1.82, 2.24) is 0 Å². The van der Waals surface area contributed by atoms with E-state index in [2.05, 4.69) is 0 Å². The van der Waals surface area contributed by atoms with E-state index in [0.29, 0.717) is 0 Å². The van der Waals surface area contributed by atoms with E-state index in [0.717, 1.165) is 12.0 Å². The third-order valence-corrected chi connectivity index (χ3v) is 2.18. The van der Waals surface area contributed by atoms with Crippen molar-refractivity contribution in [2.75, 3.05) is 0 Å². The summed E-state index contributed by atoms with van der Waals surface area (Å²) in [5.41, 5.74) is 0.807. The van der Waals surface area contributed by atoms with E-state index in [-0.39, 0.29) is 17.1 Å². The second kappa shape index (κ2) is 3.90. The van der Waals surface area contributed by atoms with Gasteiger partial charge in [-0.05, 0) is 6.42 Å². The smallest absolute Gasteiger partial charge is 0.165 e. The van der Waals surface area contributed by atoms with Crippen molar-refractivity contribution in [3.05, 3.63) is 23.8 Å². The van der Waals surface area contributed by atoms with Crippen molar-refractivity contribution in [2.45, 2.75) is 25.6 Å². The van der Waals surface area contributed by atoms with Gasteiger partial charge in [0.05, 0.1) is 5.38 Å². The molecule has 0 spiro atoms. The van der Waals surface area contributed by atoms with Crippen LogP contribution < -0.4 is 0 Å². The standard InChI is InChI=1S/C10H13ClO/c1-7(2)10(12)8-3-5-9(11)6-4-8/h3-5,7,9H,6H2,1-2H3. The molecule has 2 heteroatoms. The molecule has 1 aliphatic carbocycles. The number of hydrogen-bond donors (Lipinski definition) is 0. The minimum Gasteiger partial charge on any atom is -0.294 e. The minimum absolute atomic E-state index is 0.0636. The normalized spacial score (nSPS) is 22.7. The molecule has 0 radical (unpaired) electrons. The van der Waals surface area contributed by atoms with Crippen molar-refractivity contribution >= 4 is 17.4 Å². The van der Waals surface area contributed by atoms with Crippen LogP contribution in [0.15, 0.2) is 23.8 Å². The third kappa shape index (κ3) is 2.21. The Morgan fingerprint density at radius 1 is 1.67 bits per heavy atom. The Morgan fingerprint density at radius 3 is 2.75 bits per heavy atom. The number of halogens is 1. The van der Waals surface area contributed by atoms with Gasteiger partial charge in [0.1, 0.15) is 0 Å². The molecule has 1 nitrogen and oxygen atoms in total. The molecular weight excluding hydrogens is 172 g/mol. The van der Waals surface area contributed by atoms with E-state index in [1.807, 2.05) is 32.1 Å². The molecular formula is C10H13ClO. The predicted octanol–water partition coefficient (Wildman–Crippen LogP) is 2.71. The van der Waals surface area contributed by atoms with Crippen molar-refractivity contribution in [3.8, 4) is 0 Å². The van der Waals surface area contributed by atoms with Gasteiger partial charge in [0.2, 0.25) is 0 Å². The maximum atomic E-state index is 11.4. The first kappa shape index (κ1) is 9.53. The monoisotopic (exact) mass is 184 g/mol. The van der Waals surface area contributed by atoms with Gasteiger partial charge in [-0.1, -0.05) is 32.1 Å². The molecule has 0 aliphatic heterocycles. The molecule has 0 aromatic carbocycles. The molecule has 0 fully saturated rings. The molecule has 0 heterocycles. The molecule has 0 aromatic rings. The SMILES string of the molecule is CC(C)C(=O)C1=CCC(Cl)C=C1. The Bertz CT molecular complexity index is 238. The zero-order valence-corrected chi connectivity index (χ0v) is 8.14. The lowest BCUT2D eigenvalue weighted by molar-refractivity contribution is -0.117. The lowest BCUT2D eigenvalue weighted by Gasteiger charge is -2.10. The molecule has 0 aromatic heterocycles. The zero-order chi connectivity index (χ0) is 9.14. The first-order chi connectivity index (χ1) is 5.61. The molecule has 0 N–H and O–H groups in total. The van der Waals surface area contributed by atoms with Crippen LogP contribution in [0.2, 0.25) is 0 Å². The van der Waals surface area contributed by atoms with Gasteiger partial charge in [-0.3, -0.25) is 4.79 Å². The molecule has 12 heavy (non-hydrogen) atoms. The number of allylic oxidation sites excluding steroid dienone is 4. The maximum absolute atomic E-state index is 11.4. The number of carbonyl (C=O) groups excluding carboxylic acids is 1. The lowest BCUT2D eigenvalue weighted by atomic mass is 9.96. The maximum Gasteiger partial charge on any atom is 0.165 e. The summed E-state index contributed by atoms with van der Waals surface area (Å²) < 4.78 is 0. The quantitative estimate of drug-likeness (QED) is 0.604. The van der Waals surface area contributed by atoms with Gasteiger partial charge in [-0.2, -0.15) is 0 Å². The summed E-state index contributed by atoms with van der Waals surface area (Å²) in [4.78, 5) is 11.4. The highest BCUT2D eigenvalue weighted by atomic mass is 35.5. The topological polar surface area (TPSA) is 17.1 Å². The average Bonchev–Trinajstić information content (AvgIpc) is 2.04. The number of hydrogen-bond acceptors (Lipinski definition) is 1. The summed E-state index contributed by atoms with van der Waals surface area (Å²) >= 11 is 5.82. The van der Waals surface area contributed by atoms with E-state index in [9.17, 15) is 4.79 Å². The summed E-state index contributed by atoms with van der Waals surface area (Å²) in [5, 5.41) is 0.0636. The van der Waals surface area contributed by atoms with Gasteiger partial charge in [-0.15, -0.1) is 11.6 Å². The van der Waals surface area contributed by atoms with E-state index in [4.69, 9.17) is 11.6 Å². The van der Waals surface area contributed by atoms with Crippen LogP contribution in [0.25, 0.3) is 0 Å². The summed E-state index contributed by atoms with van der Waals surface area (Å²) in [6.07, 6.45) is 6.38. The number of carbonyl (C=O) groups is 1. The molecule has 0 amide bonds. The molecule has 1 aliphatic rings. The highest BCUT2D eigenvalue weighted by Gasteiger charge is 2.14. The van der Waals surface area contributed by atoms with E-state index in [1.54, 1.807) is 0 Å². The zero-order valence-electron chi connectivity index (χ0n) is 7.38. The summed E-state index contributed by atoms with van der Waals surface area (Å²) in [6, 6.07) is 0. The Hall–Kier alpha value is -0.560. The summed E-state index contributed by atoms with van der Waals surface area (Å²) in [7, 11) is 0. The Kier molecular flexibility index (Phi) is 3.10. The van der Waals surface area contributed by atoms with Crippen molar-refractivity contribution in [1.29, 1.82) is 0 Å². The van der Waals surface area contributed by atoms with Crippen LogP contribution in [0.3, 0.4) is 0 Å². The van der Waals surface area contributed by atoms with Crippen LogP contribution in [-0.2, 0) is 4.79 Å². The van der Waals surface area contributed by atoms with E-state index in [1.165, 1.54) is 0 Å². The highest BCUT2D eigenvalue weighted by Crippen LogP contribution is 2.17. The number of ketones is 1. The molecule has 66 valence electrons. The first-order valence-electron chi connectivity index (χ1n) is 4.18. The molecule has 0 bridgehead atoms. The van der Waals surface area contributed by atoms with Gasteiger partial charge in [0.15, 0.2) is 5.78 Å². The Labute approximate surface area is 78.1 Å². The molecule has 1 unspecified atom stereocenters. The van der Waals surface area contributed by atoms with Gasteiger partial charge >= 0.3 is 0 Å². The summed E-state index contributed by atoms with van der Waals surface area (Å²) in [6.45, 7) is 3.81. The van der Waals surface area contributed by atoms with Crippen LogP contribution in [-0.4, -0.2) is 11.2 Å². The lowest BCUT2D eigenvalue weighted by Crippen LogP contribution is -2.11. The second-order valence-electron chi connectivity index (χ2n) is 3.29. The van der Waals surface area contributed by atoms with Gasteiger partial charge in [0.25, 0.3) is 0 Å². The second-order valence-corrected chi connectivity index (χ2v) is 3.85. The number of alkyl halides is 1. The van der Waals surface area contributed by atoms with Gasteiger partial charge < -0.3 is 0 Å². The fraction of sp³-hybridized carbons (Fsp3) is 0.500. The van der Waals surface area contributed by atoms with Gasteiger partial charge in [-0.25, -0.2) is 0 Å². The van der Waals surface area contributed by atoms with Crippen LogP contribution in [0.1, 0.15) is 20.3 Å². The van der Waals surface area contributed by atoms with Crippen molar-refractivity contribution in [3.63, 3.8) is 0 Å². The van der Waals surface area contributed by atoms with Crippen molar-refractivity contribution in [2.24, 2.45) is 5.92 Å². The fourth-order valence-electron chi connectivity index (χ4n) is 1.11. The van der Waals surface area contributed by atoms with Crippen LogP contribution >= 0.6 is 11.6 Å². The Balaban J connectivity index is 2.67. The average molecular weight is 185 g/mol. The summed E-state index contributed by atoms with van der Waals surface area (Å²) in [5.74, 6) is 0.280. The largest absolute Gasteiger partial charge is 0.294 e. The van der Waals surface area contributed by atoms with Crippen LogP contribution in [0.5, 0.6) is 0 Å². The highest BCUT2D eigenvalue weighted by molar-refractivity contribution is 6.22. The molecule has 1 atom stereocenters. The number of rotatable bonds is 2. The Morgan fingerprint density at radius 2 is 2.33 bits per heavy atom. The fourth-order valence-corrected chi connectivity index (χ4v) is 1.27. The van der Waals surface area contributed by atoms with Crippen LogP contribution in [0, 0.1) is 5.92 Å². The van der Waals surface area contributed by atoms with E-state index >= 15 is 0 Å². The molecule has 0 saturated carbocycles. The first-order valence-corrected chi connectivity index (χ1v) is 4.61. The van der Waals surface area contributed by atoms with Crippen molar-refractivity contribution < 1.29 is 4.79 Å². The number of Topliss-reactive ketones (excluding diaryl/α,β-unsaturated/α-hetero) is 1. The molecule has 0 saturated heterocycles. The predicted molar refractivity (Wildman–Crippen MR) is 51.3 cm³/mol. The molecule has 1 rings (SSSR count).